The predicted octanol–water partition coefficient (Wildman–Crippen LogP) is 22.7. The summed E-state index contributed by atoms with van der Waals surface area (Å²) in [7, 11) is 0. The van der Waals surface area contributed by atoms with Gasteiger partial charge in [-0.3, -0.25) is 0 Å². The third-order valence-electron chi connectivity index (χ3n) is 20.7. The number of nitrogens with zero attached hydrogens (tertiary/aromatic N) is 5. The maximum Gasteiger partial charge on any atom is 0.160 e. The van der Waals surface area contributed by atoms with Crippen LogP contribution in [0.3, 0.4) is 0 Å². The Morgan fingerprint density at radius 3 is 1.06 bits per heavy atom. The van der Waals surface area contributed by atoms with E-state index in [1.165, 1.54) is 110 Å². The van der Waals surface area contributed by atoms with E-state index in [9.17, 15) is 0 Å². The minimum atomic E-state index is -0.126. The molecule has 17 aromatic rings. The van der Waals surface area contributed by atoms with Crippen LogP contribution in [0.1, 0.15) is 49.9 Å². The first kappa shape index (κ1) is 53.2. The van der Waals surface area contributed by atoms with Crippen molar-refractivity contribution in [1.29, 1.82) is 0 Å². The van der Waals surface area contributed by atoms with Gasteiger partial charge in [0.15, 0.2) is 5.82 Å². The van der Waals surface area contributed by atoms with Gasteiger partial charge in [-0.15, -0.1) is 0 Å². The lowest BCUT2D eigenvalue weighted by atomic mass is 9.82. The van der Waals surface area contributed by atoms with E-state index >= 15 is 0 Å². The normalized spacial score (nSPS) is 13.5. The summed E-state index contributed by atoms with van der Waals surface area (Å²) in [5, 5.41) is 7.31. The molecule has 0 saturated carbocycles. The van der Waals surface area contributed by atoms with Crippen LogP contribution in [-0.2, 0) is 10.8 Å². The van der Waals surface area contributed by atoms with E-state index in [0.29, 0.717) is 5.82 Å². The fourth-order valence-corrected chi connectivity index (χ4v) is 16.0. The van der Waals surface area contributed by atoms with Gasteiger partial charge < -0.3 is 13.7 Å². The molecule has 0 saturated heterocycles. The predicted molar refractivity (Wildman–Crippen MR) is 387 cm³/mol. The van der Waals surface area contributed by atoms with Gasteiger partial charge in [-0.25, -0.2) is 9.97 Å². The van der Waals surface area contributed by atoms with Crippen molar-refractivity contribution in [2.75, 3.05) is 0 Å². The van der Waals surface area contributed by atoms with Gasteiger partial charge in [0.25, 0.3) is 0 Å². The zero-order chi connectivity index (χ0) is 61.8. The first-order valence-corrected chi connectivity index (χ1v) is 32.4. The lowest BCUT2D eigenvalue weighted by Gasteiger charge is -2.22. The quantitative estimate of drug-likeness (QED) is 0.152. The van der Waals surface area contributed by atoms with Crippen LogP contribution in [0.5, 0.6) is 0 Å². The summed E-state index contributed by atoms with van der Waals surface area (Å²) < 4.78 is 7.40. The molecule has 4 aromatic heterocycles. The third kappa shape index (κ3) is 7.99. The summed E-state index contributed by atoms with van der Waals surface area (Å²) >= 11 is 0. The highest BCUT2D eigenvalue weighted by molar-refractivity contribution is 6.14. The van der Waals surface area contributed by atoms with Crippen molar-refractivity contribution in [3.8, 4) is 95.5 Å². The Labute approximate surface area is 539 Å². The van der Waals surface area contributed by atoms with Crippen molar-refractivity contribution < 1.29 is 0 Å². The summed E-state index contributed by atoms with van der Waals surface area (Å²) in [4.78, 5) is 10.4. The summed E-state index contributed by atoms with van der Waals surface area (Å²) in [5.74, 6) is 0.682. The van der Waals surface area contributed by atoms with Crippen molar-refractivity contribution in [2.24, 2.45) is 0 Å². The number of hydrogen-bond donors (Lipinski definition) is 0. The third-order valence-corrected chi connectivity index (χ3v) is 20.7. The van der Waals surface area contributed by atoms with E-state index in [0.717, 1.165) is 67.1 Å². The maximum atomic E-state index is 5.21. The minimum Gasteiger partial charge on any atom is -0.309 e. The molecule has 0 N–H and O–H groups in total. The Kier molecular flexibility index (Phi) is 11.4. The fourth-order valence-electron chi connectivity index (χ4n) is 16.0. The molecule has 5 nitrogen and oxygen atoms in total. The molecule has 0 amide bonds. The second-order valence-corrected chi connectivity index (χ2v) is 26.5. The van der Waals surface area contributed by atoms with Gasteiger partial charge in [0.05, 0.1) is 44.5 Å². The summed E-state index contributed by atoms with van der Waals surface area (Å²) in [6.45, 7) is 9.47. The van der Waals surface area contributed by atoms with Gasteiger partial charge in [-0.05, 0) is 170 Å². The largest absolute Gasteiger partial charge is 0.309 e. The van der Waals surface area contributed by atoms with Crippen molar-refractivity contribution in [3.63, 3.8) is 0 Å². The molecular weight excluding hydrogens is 1130 g/mol. The van der Waals surface area contributed by atoms with Gasteiger partial charge >= 0.3 is 0 Å². The van der Waals surface area contributed by atoms with E-state index in [2.05, 4.69) is 327 Å². The zero-order valence-electron chi connectivity index (χ0n) is 52.0. The number of hydrogen-bond acceptors (Lipinski definition) is 2. The second kappa shape index (κ2) is 19.9. The standard InChI is InChI=1S/C88H61N5/c1-87(2)74-27-15-11-23-64(74)66-43-39-62(51-76(66)87)92-80-29-17-13-25-68(80)70-41-33-59(49-84(70)92)57-35-45-82-72(47-57)73-48-58(36-46-83(73)91(82)61-37-31-56(32-38-61)86-89-78(54-19-7-5-8-20-54)53-79(90-86)55-21-9-6-10-22-55)60-34-42-71-69-26-14-18-30-81(69)93(85(71)50-60)63-40-44-67-65-24-12-16-28-75(65)88(3,4)77(67)52-63/h5-53H,1-4H3. The van der Waals surface area contributed by atoms with Crippen molar-refractivity contribution in [3.05, 3.63) is 320 Å². The molecule has 0 bridgehead atoms. The van der Waals surface area contributed by atoms with Gasteiger partial charge in [0.1, 0.15) is 0 Å². The maximum absolute atomic E-state index is 5.21. The molecular formula is C88H61N5. The van der Waals surface area contributed by atoms with Gasteiger partial charge in [-0.1, -0.05) is 222 Å². The molecule has 5 heteroatoms. The molecule has 19 rings (SSSR count). The number of aromatic nitrogens is 5. The molecule has 0 radical (unpaired) electrons. The first-order valence-electron chi connectivity index (χ1n) is 32.4. The SMILES string of the molecule is CC1(C)c2ccccc2-c2ccc(-n3c4ccccc4c4ccc(-c5ccc6c(c5)c5cc(-c7ccc8c9ccccc9n(-c9ccc%10c(c9)C(C)(C)c9ccccc9-%10)c8c7)ccc5n6-c5ccc(-c6nc(-c7ccccc7)cc(-c7ccccc7)n6)cc5)cc43)cc21. The van der Waals surface area contributed by atoms with Crippen molar-refractivity contribution in [2.45, 2.75) is 38.5 Å². The first-order chi connectivity index (χ1) is 45.6. The van der Waals surface area contributed by atoms with Crippen LogP contribution in [0.2, 0.25) is 0 Å². The molecule has 13 aromatic carbocycles. The Balaban J connectivity index is 0.778. The zero-order valence-corrected chi connectivity index (χ0v) is 52.0. The van der Waals surface area contributed by atoms with Crippen LogP contribution in [0.4, 0.5) is 0 Å². The fraction of sp³-hybridized carbons (Fsp3) is 0.0682. The second-order valence-electron chi connectivity index (χ2n) is 26.5. The number of fused-ring (bicyclic) bond motifs is 15. The molecule has 0 spiro atoms. The number of benzene rings is 13. The van der Waals surface area contributed by atoms with Crippen LogP contribution in [0, 0.1) is 0 Å². The average molecular weight is 1190 g/mol. The average Bonchev–Trinajstić information content (AvgIpc) is 1.63. The van der Waals surface area contributed by atoms with Gasteiger partial charge in [-0.2, -0.15) is 0 Å². The van der Waals surface area contributed by atoms with E-state index in [-0.39, 0.29) is 10.8 Å². The summed E-state index contributed by atoms with van der Waals surface area (Å²) in [6.07, 6.45) is 0. The van der Waals surface area contributed by atoms with Gasteiger partial charge in [0, 0.05) is 76.9 Å². The molecule has 438 valence electrons. The Morgan fingerprint density at radius 2 is 0.581 bits per heavy atom. The van der Waals surface area contributed by atoms with E-state index in [1.54, 1.807) is 0 Å². The Hall–Kier alpha value is -11.7. The van der Waals surface area contributed by atoms with Crippen LogP contribution < -0.4 is 0 Å². The molecule has 0 unspecified atom stereocenters. The monoisotopic (exact) mass is 1190 g/mol. The van der Waals surface area contributed by atoms with Crippen LogP contribution >= 0.6 is 0 Å². The molecule has 0 atom stereocenters. The summed E-state index contributed by atoms with van der Waals surface area (Å²) in [5.41, 5.74) is 30.4. The van der Waals surface area contributed by atoms with Crippen molar-refractivity contribution in [1.82, 2.24) is 23.7 Å². The highest BCUT2D eigenvalue weighted by Gasteiger charge is 2.37. The van der Waals surface area contributed by atoms with Crippen LogP contribution in [-0.4, -0.2) is 23.7 Å². The molecule has 0 fully saturated rings. The Bertz CT molecular complexity index is 5640. The van der Waals surface area contributed by atoms with E-state index in [1.807, 2.05) is 12.1 Å². The minimum absolute atomic E-state index is 0.126. The molecule has 0 aliphatic heterocycles. The van der Waals surface area contributed by atoms with Gasteiger partial charge in [0.2, 0.25) is 0 Å². The molecule has 93 heavy (non-hydrogen) atoms. The molecule has 4 heterocycles. The topological polar surface area (TPSA) is 40.6 Å². The lowest BCUT2D eigenvalue weighted by molar-refractivity contribution is 0.660. The van der Waals surface area contributed by atoms with Crippen LogP contribution in [0.15, 0.2) is 297 Å². The highest BCUT2D eigenvalue weighted by atomic mass is 15.0. The van der Waals surface area contributed by atoms with E-state index in [4.69, 9.17) is 9.97 Å². The summed E-state index contributed by atoms with van der Waals surface area (Å²) in [6, 6.07) is 110. The Morgan fingerprint density at radius 1 is 0.226 bits per heavy atom. The van der Waals surface area contributed by atoms with E-state index < -0.39 is 0 Å². The lowest BCUT2D eigenvalue weighted by Crippen LogP contribution is -2.15. The molecule has 2 aliphatic carbocycles. The highest BCUT2D eigenvalue weighted by Crippen LogP contribution is 2.52. The van der Waals surface area contributed by atoms with Crippen molar-refractivity contribution >= 4 is 65.4 Å². The number of rotatable bonds is 8. The molecule has 2 aliphatic rings. The van der Waals surface area contributed by atoms with Crippen LogP contribution in [0.25, 0.3) is 161 Å². The smallest absolute Gasteiger partial charge is 0.160 e. The number of para-hydroxylation sites is 2.